The summed E-state index contributed by atoms with van der Waals surface area (Å²) in [6.07, 6.45) is 1.38. The van der Waals surface area contributed by atoms with E-state index in [1.54, 1.807) is 28.6 Å². The molecule has 10 heteroatoms. The zero-order valence-corrected chi connectivity index (χ0v) is 20.9. The van der Waals surface area contributed by atoms with Crippen molar-refractivity contribution in [3.63, 3.8) is 0 Å². The number of benzene rings is 1. The lowest BCUT2D eigenvalue weighted by atomic mass is 10.1. The molecule has 166 valence electrons. The van der Waals surface area contributed by atoms with Crippen molar-refractivity contribution in [2.75, 3.05) is 31.9 Å². The third kappa shape index (κ3) is 8.56. The Bertz CT molecular complexity index is 738. The molecule has 0 amide bonds. The summed E-state index contributed by atoms with van der Waals surface area (Å²) in [5.74, 6) is 0.836. The monoisotopic (exact) mass is 558 g/mol. The van der Waals surface area contributed by atoms with Gasteiger partial charge in [-0.3, -0.25) is 4.99 Å². The van der Waals surface area contributed by atoms with E-state index in [1.165, 1.54) is 0 Å². The Kier molecular flexibility index (Phi) is 11.8. The number of nitrogens with zero attached hydrogens (tertiary/aromatic N) is 2. The van der Waals surface area contributed by atoms with Gasteiger partial charge in [0, 0.05) is 30.7 Å². The van der Waals surface area contributed by atoms with E-state index in [-0.39, 0.29) is 42.3 Å². The number of halogens is 2. The van der Waals surface area contributed by atoms with Gasteiger partial charge in [0.05, 0.1) is 18.4 Å². The Morgan fingerprint density at radius 2 is 1.90 bits per heavy atom. The molecule has 0 spiro atoms. The molecule has 7 nitrogen and oxygen atoms in total. The van der Waals surface area contributed by atoms with E-state index >= 15 is 0 Å². The SMILES string of the molecule is CCCS(=O)(=O)N1CCC(NC(=NCC(O)c2ccc(Cl)cc2)NCC)CC1.I. The molecule has 1 aromatic carbocycles. The van der Waals surface area contributed by atoms with Crippen LogP contribution in [0.3, 0.4) is 0 Å². The highest BCUT2D eigenvalue weighted by Crippen LogP contribution is 2.17. The van der Waals surface area contributed by atoms with Gasteiger partial charge in [0.15, 0.2) is 5.96 Å². The molecule has 1 saturated heterocycles. The van der Waals surface area contributed by atoms with Gasteiger partial charge in [0.1, 0.15) is 0 Å². The van der Waals surface area contributed by atoms with Crippen molar-refractivity contribution in [1.29, 1.82) is 0 Å². The van der Waals surface area contributed by atoms with Crippen molar-refractivity contribution in [2.24, 2.45) is 4.99 Å². The number of aliphatic imine (C=N–C) groups is 1. The van der Waals surface area contributed by atoms with Crippen molar-refractivity contribution >= 4 is 51.6 Å². The highest BCUT2D eigenvalue weighted by Gasteiger charge is 2.27. The van der Waals surface area contributed by atoms with Crippen LogP contribution in [0.1, 0.15) is 44.8 Å². The van der Waals surface area contributed by atoms with Gasteiger partial charge in [-0.1, -0.05) is 30.7 Å². The first-order chi connectivity index (χ1) is 13.4. The average Bonchev–Trinajstić information content (AvgIpc) is 2.67. The predicted molar refractivity (Wildman–Crippen MR) is 130 cm³/mol. The molecule has 2 rings (SSSR count). The van der Waals surface area contributed by atoms with E-state index < -0.39 is 16.1 Å². The van der Waals surface area contributed by atoms with E-state index in [9.17, 15) is 13.5 Å². The number of sulfonamides is 1. The lowest BCUT2D eigenvalue weighted by molar-refractivity contribution is 0.187. The highest BCUT2D eigenvalue weighted by molar-refractivity contribution is 14.0. The molecule has 29 heavy (non-hydrogen) atoms. The number of nitrogens with one attached hydrogen (secondary N) is 2. The van der Waals surface area contributed by atoms with Crippen molar-refractivity contribution in [3.05, 3.63) is 34.9 Å². The molecule has 1 aliphatic heterocycles. The summed E-state index contributed by atoms with van der Waals surface area (Å²) >= 11 is 5.88. The van der Waals surface area contributed by atoms with Crippen LogP contribution in [0.25, 0.3) is 0 Å². The fourth-order valence-electron chi connectivity index (χ4n) is 3.15. The second-order valence-corrected chi connectivity index (χ2v) is 9.45. The predicted octanol–water partition coefficient (Wildman–Crippen LogP) is 2.75. The first-order valence-electron chi connectivity index (χ1n) is 9.82. The van der Waals surface area contributed by atoms with Gasteiger partial charge in [-0.05, 0) is 43.9 Å². The van der Waals surface area contributed by atoms with Gasteiger partial charge in [0.25, 0.3) is 0 Å². The average molecular weight is 559 g/mol. The number of piperidine rings is 1. The maximum atomic E-state index is 12.2. The normalized spacial score (nSPS) is 17.4. The highest BCUT2D eigenvalue weighted by atomic mass is 127. The maximum absolute atomic E-state index is 12.2. The number of aliphatic hydroxyl groups excluding tert-OH is 1. The van der Waals surface area contributed by atoms with Crippen LogP contribution < -0.4 is 10.6 Å². The number of guanidine groups is 1. The molecular formula is C19H32ClIN4O3S. The summed E-state index contributed by atoms with van der Waals surface area (Å²) in [5, 5.41) is 17.5. The van der Waals surface area contributed by atoms with Crippen molar-refractivity contribution in [3.8, 4) is 0 Å². The van der Waals surface area contributed by atoms with Gasteiger partial charge >= 0.3 is 0 Å². The number of hydrogen-bond donors (Lipinski definition) is 3. The van der Waals surface area contributed by atoms with E-state index in [4.69, 9.17) is 11.6 Å². The summed E-state index contributed by atoms with van der Waals surface area (Å²) in [4.78, 5) is 4.48. The van der Waals surface area contributed by atoms with E-state index in [0.29, 0.717) is 37.0 Å². The van der Waals surface area contributed by atoms with E-state index in [2.05, 4.69) is 15.6 Å². The van der Waals surface area contributed by atoms with Crippen LogP contribution in [0.5, 0.6) is 0 Å². The van der Waals surface area contributed by atoms with E-state index in [1.807, 2.05) is 13.8 Å². The molecule has 1 aliphatic rings. The minimum absolute atomic E-state index is 0. The quantitative estimate of drug-likeness (QED) is 0.259. The summed E-state index contributed by atoms with van der Waals surface area (Å²) < 4.78 is 26.0. The minimum atomic E-state index is -3.13. The Balaban J connectivity index is 0.00000420. The van der Waals surface area contributed by atoms with Crippen LogP contribution >= 0.6 is 35.6 Å². The third-order valence-electron chi connectivity index (χ3n) is 4.67. The zero-order chi connectivity index (χ0) is 20.6. The third-order valence-corrected chi connectivity index (χ3v) is 7.00. The molecule has 1 heterocycles. The molecule has 0 radical (unpaired) electrons. The van der Waals surface area contributed by atoms with Gasteiger partial charge in [0.2, 0.25) is 10.0 Å². The Hall–Kier alpha value is -0.620. The summed E-state index contributed by atoms with van der Waals surface area (Å²) in [6.45, 7) is 5.82. The molecule has 0 bridgehead atoms. The smallest absolute Gasteiger partial charge is 0.214 e. The Morgan fingerprint density at radius 3 is 2.45 bits per heavy atom. The van der Waals surface area contributed by atoms with Gasteiger partial charge in [-0.15, -0.1) is 24.0 Å². The Morgan fingerprint density at radius 1 is 1.28 bits per heavy atom. The Labute approximate surface area is 196 Å². The topological polar surface area (TPSA) is 94.0 Å². The van der Waals surface area contributed by atoms with E-state index in [0.717, 1.165) is 18.4 Å². The van der Waals surface area contributed by atoms with Crippen LogP contribution in [-0.4, -0.2) is 61.8 Å². The van der Waals surface area contributed by atoms with Crippen LogP contribution in [-0.2, 0) is 10.0 Å². The number of aliphatic hydroxyl groups is 1. The zero-order valence-electron chi connectivity index (χ0n) is 17.0. The first kappa shape index (κ1) is 26.4. The van der Waals surface area contributed by atoms with Crippen LogP contribution in [0.15, 0.2) is 29.3 Å². The minimum Gasteiger partial charge on any atom is -0.386 e. The molecule has 1 unspecified atom stereocenters. The lowest BCUT2D eigenvalue weighted by Crippen LogP contribution is -2.50. The summed E-state index contributed by atoms with van der Waals surface area (Å²) in [6, 6.07) is 7.21. The number of rotatable bonds is 8. The summed E-state index contributed by atoms with van der Waals surface area (Å²) in [7, 11) is -3.13. The molecule has 1 fully saturated rings. The van der Waals surface area contributed by atoms with Crippen LogP contribution in [0.4, 0.5) is 0 Å². The first-order valence-corrected chi connectivity index (χ1v) is 11.8. The molecular weight excluding hydrogens is 527 g/mol. The fraction of sp³-hybridized carbons (Fsp3) is 0.632. The van der Waals surface area contributed by atoms with Gasteiger partial charge in [-0.2, -0.15) is 0 Å². The largest absolute Gasteiger partial charge is 0.386 e. The lowest BCUT2D eigenvalue weighted by Gasteiger charge is -2.32. The molecule has 0 aliphatic carbocycles. The van der Waals surface area contributed by atoms with Crippen LogP contribution in [0.2, 0.25) is 5.02 Å². The van der Waals surface area contributed by atoms with Gasteiger partial charge in [-0.25, -0.2) is 12.7 Å². The fourth-order valence-corrected chi connectivity index (χ4v) is 4.81. The van der Waals surface area contributed by atoms with Crippen molar-refractivity contribution < 1.29 is 13.5 Å². The molecule has 0 saturated carbocycles. The van der Waals surface area contributed by atoms with Gasteiger partial charge < -0.3 is 15.7 Å². The second-order valence-electron chi connectivity index (χ2n) is 6.92. The standard InChI is InChI=1S/C19H31ClN4O3S.HI/c1-3-13-28(26,27)24-11-9-17(10-12-24)23-19(21-4-2)22-14-18(25)15-5-7-16(20)8-6-15;/h5-8,17-18,25H,3-4,9-14H2,1-2H3,(H2,21,22,23);1H. The van der Waals surface area contributed by atoms with Crippen LogP contribution in [0, 0.1) is 0 Å². The maximum Gasteiger partial charge on any atom is 0.214 e. The van der Waals surface area contributed by atoms with Crippen molar-refractivity contribution in [1.82, 2.24) is 14.9 Å². The van der Waals surface area contributed by atoms with Crippen molar-refractivity contribution in [2.45, 2.75) is 45.3 Å². The molecule has 1 aromatic rings. The summed E-state index contributed by atoms with van der Waals surface area (Å²) in [5.41, 5.74) is 0.762. The second kappa shape index (κ2) is 12.9. The molecule has 1 atom stereocenters. The molecule has 3 N–H and O–H groups in total. The number of hydrogen-bond acceptors (Lipinski definition) is 4. The molecule has 0 aromatic heterocycles.